The van der Waals surface area contributed by atoms with Gasteiger partial charge >= 0.3 is 0 Å². The predicted molar refractivity (Wildman–Crippen MR) is 38.1 cm³/mol. The molecule has 0 aromatic rings. The van der Waals surface area contributed by atoms with E-state index in [9.17, 15) is 4.79 Å². The van der Waals surface area contributed by atoms with Crippen LogP contribution in [0.5, 0.6) is 0 Å². The molecule has 0 N–H and O–H groups in total. The van der Waals surface area contributed by atoms with Gasteiger partial charge in [0.1, 0.15) is 6.04 Å². The van der Waals surface area contributed by atoms with Gasteiger partial charge in [-0.1, -0.05) is 0 Å². The number of hydrogen-bond donors (Lipinski definition) is 1. The van der Waals surface area contributed by atoms with Crippen molar-refractivity contribution in [1.29, 1.82) is 0 Å². The number of ketones is 1. The summed E-state index contributed by atoms with van der Waals surface area (Å²) in [5, 5.41) is 0. The maximum atomic E-state index is 10.4. The second-order valence-electron chi connectivity index (χ2n) is 1.41. The van der Waals surface area contributed by atoms with Gasteiger partial charge in [-0.15, -0.1) is 0 Å². The summed E-state index contributed by atoms with van der Waals surface area (Å²) < 4.78 is 3.36. The third kappa shape index (κ3) is 2.37. The summed E-state index contributed by atoms with van der Waals surface area (Å²) in [7, 11) is 0. The summed E-state index contributed by atoms with van der Waals surface area (Å²) in [5.41, 5.74) is 0. The number of rotatable bonds is 3. The third-order valence-electron chi connectivity index (χ3n) is 0.769. The Bertz CT molecular complexity index is 104. The lowest BCUT2D eigenvalue weighted by Gasteiger charge is -1.97. The summed E-state index contributed by atoms with van der Waals surface area (Å²) in [5.74, 6) is 0.397. The van der Waals surface area contributed by atoms with Gasteiger partial charge in [-0.3, -0.25) is 4.79 Å². The lowest BCUT2D eigenvalue weighted by molar-refractivity contribution is -0.117. The van der Waals surface area contributed by atoms with Gasteiger partial charge in [0.05, 0.1) is 0 Å². The molecule has 0 aromatic carbocycles. The van der Waals surface area contributed by atoms with E-state index in [4.69, 9.17) is 0 Å². The molecule has 0 bridgehead atoms. The van der Waals surface area contributed by atoms with Crippen LogP contribution < -0.4 is 0 Å². The van der Waals surface area contributed by atoms with Gasteiger partial charge in [0.2, 0.25) is 0 Å². The molecule has 0 aliphatic carbocycles. The smallest absolute Gasteiger partial charge is 0.156 e. The van der Waals surface area contributed by atoms with E-state index >= 15 is 0 Å². The quantitative estimate of drug-likeness (QED) is 0.596. The van der Waals surface area contributed by atoms with Crippen molar-refractivity contribution in [2.24, 2.45) is 4.36 Å². The minimum atomic E-state index is -0.381. The van der Waals surface area contributed by atoms with Gasteiger partial charge in [0.15, 0.2) is 5.78 Å². The molecule has 2 nitrogen and oxygen atoms in total. The first-order valence-corrected chi connectivity index (χ1v) is 3.16. The summed E-state index contributed by atoms with van der Waals surface area (Å²) >= 11 is 8.16. The zero-order chi connectivity index (χ0) is 6.57. The highest BCUT2D eigenvalue weighted by Crippen LogP contribution is 1.93. The molecular weight excluding hydrogens is 142 g/mol. The topological polar surface area (TPSA) is 29.4 Å². The van der Waals surface area contributed by atoms with E-state index in [0.29, 0.717) is 5.75 Å². The van der Waals surface area contributed by atoms with Crippen molar-refractivity contribution in [3.63, 3.8) is 0 Å². The van der Waals surface area contributed by atoms with Crippen molar-refractivity contribution in [3.05, 3.63) is 0 Å². The van der Waals surface area contributed by atoms with Gasteiger partial charge < -0.3 is 0 Å². The number of hydrogen-bond acceptors (Lipinski definition) is 4. The molecule has 4 heteroatoms. The number of carbonyl (C=O) groups is 1. The fraction of sp³-hybridized carbons (Fsp3) is 0.750. The lowest BCUT2D eigenvalue weighted by Crippen LogP contribution is -2.15. The van der Waals surface area contributed by atoms with Crippen LogP contribution in [0.3, 0.4) is 0 Å². The van der Waals surface area contributed by atoms with Crippen molar-refractivity contribution >= 4 is 30.8 Å². The minimum absolute atomic E-state index is 0.0185. The predicted octanol–water partition coefficient (Wildman–Crippen LogP) is 0.604. The lowest BCUT2D eigenvalue weighted by atomic mass is 10.3. The Morgan fingerprint density at radius 3 is 2.50 bits per heavy atom. The van der Waals surface area contributed by atoms with Crippen molar-refractivity contribution < 1.29 is 4.79 Å². The molecule has 0 unspecified atom stereocenters. The average Bonchev–Trinajstić information content (AvgIpc) is 1.69. The Kier molecular flexibility index (Phi) is 3.99. The van der Waals surface area contributed by atoms with Gasteiger partial charge in [-0.05, 0) is 6.92 Å². The Hall–Kier alpha value is 0.0400. The molecule has 0 spiro atoms. The molecule has 1 atom stereocenters. The molecule has 0 amide bonds. The second-order valence-corrected chi connectivity index (χ2v) is 1.99. The number of nitrogens with zero attached hydrogens (tertiary/aromatic N) is 1. The van der Waals surface area contributed by atoms with Gasteiger partial charge in [0.25, 0.3) is 0 Å². The van der Waals surface area contributed by atoms with Gasteiger partial charge in [-0.2, -0.15) is 12.6 Å². The van der Waals surface area contributed by atoms with E-state index in [0.717, 1.165) is 0 Å². The fourth-order valence-corrected chi connectivity index (χ4v) is 0.908. The van der Waals surface area contributed by atoms with Crippen LogP contribution >= 0.6 is 12.6 Å². The monoisotopic (exact) mass is 149 g/mol. The summed E-state index contributed by atoms with van der Waals surface area (Å²) in [6.45, 7) is 1.46. The Morgan fingerprint density at radius 1 is 2.00 bits per heavy atom. The molecule has 8 heavy (non-hydrogen) atoms. The average molecular weight is 149 g/mol. The first-order valence-electron chi connectivity index (χ1n) is 2.16. The molecule has 0 rings (SSSR count). The van der Waals surface area contributed by atoms with E-state index in [2.05, 4.69) is 29.4 Å². The highest BCUT2D eigenvalue weighted by molar-refractivity contribution is 7.80. The maximum Gasteiger partial charge on any atom is 0.156 e. The zero-order valence-electron chi connectivity index (χ0n) is 4.50. The fourth-order valence-electron chi connectivity index (χ4n) is 0.236. The van der Waals surface area contributed by atoms with Crippen LogP contribution in [0, 0.1) is 0 Å². The molecule has 0 fully saturated rings. The van der Waals surface area contributed by atoms with Crippen molar-refractivity contribution in [3.8, 4) is 0 Å². The summed E-state index contributed by atoms with van der Waals surface area (Å²) in [4.78, 5) is 10.4. The Balaban J connectivity index is 3.69. The molecule has 0 aliphatic rings. The molecule has 0 saturated carbocycles. The number of Topliss-reactive ketones (excluding diaryl/α,β-unsaturated/α-hetero) is 1. The van der Waals surface area contributed by atoms with E-state index in [-0.39, 0.29) is 11.8 Å². The van der Waals surface area contributed by atoms with Crippen molar-refractivity contribution in [2.75, 3.05) is 5.75 Å². The van der Waals surface area contributed by atoms with Crippen LogP contribution in [0.4, 0.5) is 0 Å². The molecule has 0 aliphatic heterocycles. The zero-order valence-corrected chi connectivity index (χ0v) is 6.21. The minimum Gasteiger partial charge on any atom is -0.298 e. The highest BCUT2D eigenvalue weighted by atomic mass is 32.1. The molecule has 0 saturated heterocycles. The van der Waals surface area contributed by atoms with Crippen LogP contribution in [0.25, 0.3) is 0 Å². The van der Waals surface area contributed by atoms with Crippen molar-refractivity contribution in [2.45, 2.75) is 13.0 Å². The van der Waals surface area contributed by atoms with E-state index in [1.165, 1.54) is 6.92 Å². The van der Waals surface area contributed by atoms with E-state index in [1.807, 2.05) is 0 Å². The Labute approximate surface area is 59.2 Å². The maximum absolute atomic E-state index is 10.4. The molecule has 0 aromatic heterocycles. The number of carbonyl (C=O) groups excluding carboxylic acids is 1. The SMILES string of the molecule is CC(=O)[C@H](CS)N=S. The van der Waals surface area contributed by atoms with Gasteiger partial charge in [0, 0.05) is 18.2 Å². The molecule has 0 heterocycles. The van der Waals surface area contributed by atoms with Crippen LogP contribution in [0.2, 0.25) is 0 Å². The standard InChI is InChI=1S/C4H7NOS2/c1-3(6)4(2-7)5-8/h4,7H,2H2,1H3/t4-/m0/s1. The van der Waals surface area contributed by atoms with E-state index < -0.39 is 0 Å². The summed E-state index contributed by atoms with van der Waals surface area (Å²) in [6, 6.07) is -0.381. The van der Waals surface area contributed by atoms with Crippen LogP contribution in [0.15, 0.2) is 4.36 Å². The van der Waals surface area contributed by atoms with Gasteiger partial charge in [-0.25, -0.2) is 4.36 Å². The molecular formula is C4H7NOS2. The first kappa shape index (κ1) is 8.04. The largest absolute Gasteiger partial charge is 0.298 e. The second kappa shape index (κ2) is 3.97. The molecule has 0 radical (unpaired) electrons. The first-order chi connectivity index (χ1) is 3.72. The third-order valence-corrected chi connectivity index (χ3v) is 1.37. The molecule has 46 valence electrons. The Morgan fingerprint density at radius 2 is 2.50 bits per heavy atom. The normalized spacial score (nSPS) is 12.8. The van der Waals surface area contributed by atoms with Crippen molar-refractivity contribution in [1.82, 2.24) is 0 Å². The van der Waals surface area contributed by atoms with Crippen LogP contribution in [-0.4, -0.2) is 17.6 Å². The highest BCUT2D eigenvalue weighted by Gasteiger charge is 2.07. The van der Waals surface area contributed by atoms with Crippen LogP contribution in [-0.2, 0) is 17.2 Å². The van der Waals surface area contributed by atoms with Crippen LogP contribution in [0.1, 0.15) is 6.92 Å². The summed E-state index contributed by atoms with van der Waals surface area (Å²) in [6.07, 6.45) is 0. The number of thiol groups is 1. The van der Waals surface area contributed by atoms with E-state index in [1.54, 1.807) is 0 Å².